The maximum atomic E-state index is 12.9. The molecule has 0 fully saturated rings. The second-order valence-electron chi connectivity index (χ2n) is 6.56. The summed E-state index contributed by atoms with van der Waals surface area (Å²) in [5, 5.41) is 7.53. The molecule has 168 valence electrons. The van der Waals surface area contributed by atoms with Crippen LogP contribution in [0.3, 0.4) is 0 Å². The number of ether oxygens (including phenoxy) is 3. The lowest BCUT2D eigenvalue weighted by Crippen LogP contribution is -2.14. The first-order valence-electron chi connectivity index (χ1n) is 10.4. The summed E-state index contributed by atoms with van der Waals surface area (Å²) in [6, 6.07) is 13.8. The van der Waals surface area contributed by atoms with Crippen molar-refractivity contribution in [2.75, 3.05) is 30.5 Å². The predicted octanol–water partition coefficient (Wildman–Crippen LogP) is 5.45. The van der Waals surface area contributed by atoms with Gasteiger partial charge in [0.15, 0.2) is 11.5 Å². The highest BCUT2D eigenvalue weighted by Gasteiger charge is 2.18. The number of hydrogen-bond donors (Lipinski definition) is 2. The summed E-state index contributed by atoms with van der Waals surface area (Å²) in [6.07, 6.45) is 0. The predicted molar refractivity (Wildman–Crippen MR) is 127 cm³/mol. The fourth-order valence-corrected chi connectivity index (χ4v) is 3.58. The highest BCUT2D eigenvalue weighted by Crippen LogP contribution is 2.39. The zero-order chi connectivity index (χ0) is 22.9. The minimum absolute atomic E-state index is 0.168. The van der Waals surface area contributed by atoms with E-state index in [1.807, 2.05) is 32.2 Å². The van der Waals surface area contributed by atoms with Crippen LogP contribution in [-0.4, -0.2) is 31.6 Å². The molecule has 2 N–H and O–H groups in total. The number of carbonyl (C=O) groups is 2. The summed E-state index contributed by atoms with van der Waals surface area (Å²) < 4.78 is 17.0. The van der Waals surface area contributed by atoms with Crippen LogP contribution in [-0.2, 0) is 0 Å². The molecule has 32 heavy (non-hydrogen) atoms. The first-order valence-corrected chi connectivity index (χ1v) is 11.3. The molecule has 0 radical (unpaired) electrons. The normalized spacial score (nSPS) is 10.3. The second-order valence-corrected chi connectivity index (χ2v) is 7.51. The Bertz CT molecular complexity index is 1020. The van der Waals surface area contributed by atoms with Gasteiger partial charge in [-0.25, -0.2) is 0 Å². The molecule has 0 saturated heterocycles. The van der Waals surface area contributed by atoms with Crippen molar-refractivity contribution in [3.63, 3.8) is 0 Å². The van der Waals surface area contributed by atoms with Gasteiger partial charge in [-0.15, -0.1) is 11.3 Å². The highest BCUT2D eigenvalue weighted by molar-refractivity contribution is 7.12. The zero-order valence-corrected chi connectivity index (χ0v) is 19.1. The van der Waals surface area contributed by atoms with Gasteiger partial charge in [0.25, 0.3) is 11.8 Å². The van der Waals surface area contributed by atoms with Crippen molar-refractivity contribution >= 4 is 34.5 Å². The van der Waals surface area contributed by atoms with Crippen molar-refractivity contribution in [1.29, 1.82) is 0 Å². The van der Waals surface area contributed by atoms with Crippen molar-refractivity contribution in [2.24, 2.45) is 0 Å². The maximum Gasteiger partial charge on any atom is 0.265 e. The summed E-state index contributed by atoms with van der Waals surface area (Å²) in [7, 11) is 0. The van der Waals surface area contributed by atoms with Gasteiger partial charge in [-0.3, -0.25) is 9.59 Å². The fraction of sp³-hybridized carbons (Fsp3) is 0.250. The Kier molecular flexibility index (Phi) is 8.10. The Balaban J connectivity index is 1.75. The molecule has 0 atom stereocenters. The molecule has 0 unspecified atom stereocenters. The van der Waals surface area contributed by atoms with Crippen molar-refractivity contribution in [1.82, 2.24) is 0 Å². The number of anilines is 2. The van der Waals surface area contributed by atoms with Gasteiger partial charge >= 0.3 is 0 Å². The fourth-order valence-electron chi connectivity index (χ4n) is 2.96. The quantitative estimate of drug-likeness (QED) is 0.426. The van der Waals surface area contributed by atoms with E-state index in [4.69, 9.17) is 14.2 Å². The summed E-state index contributed by atoms with van der Waals surface area (Å²) >= 11 is 1.37. The minimum atomic E-state index is -0.315. The lowest BCUT2D eigenvalue weighted by molar-refractivity contribution is 0.101. The topological polar surface area (TPSA) is 85.9 Å². The van der Waals surface area contributed by atoms with E-state index in [0.29, 0.717) is 58.9 Å². The van der Waals surface area contributed by atoms with Crippen LogP contribution in [0.1, 0.15) is 40.8 Å². The van der Waals surface area contributed by atoms with Crippen LogP contribution in [0, 0.1) is 0 Å². The number of hydrogen-bond acceptors (Lipinski definition) is 6. The Morgan fingerprint density at radius 1 is 0.781 bits per heavy atom. The van der Waals surface area contributed by atoms with Crippen LogP contribution in [0.5, 0.6) is 17.2 Å². The lowest BCUT2D eigenvalue weighted by atomic mass is 10.1. The van der Waals surface area contributed by atoms with Crippen LogP contribution in [0.15, 0.2) is 53.9 Å². The highest BCUT2D eigenvalue weighted by atomic mass is 32.1. The van der Waals surface area contributed by atoms with Crippen molar-refractivity contribution in [3.8, 4) is 17.2 Å². The van der Waals surface area contributed by atoms with Gasteiger partial charge in [0.1, 0.15) is 0 Å². The monoisotopic (exact) mass is 454 g/mol. The molecule has 8 heteroatoms. The van der Waals surface area contributed by atoms with E-state index >= 15 is 0 Å². The van der Waals surface area contributed by atoms with Gasteiger partial charge in [0, 0.05) is 16.9 Å². The maximum absolute atomic E-state index is 12.9. The average molecular weight is 455 g/mol. The van der Waals surface area contributed by atoms with E-state index in [9.17, 15) is 9.59 Å². The van der Waals surface area contributed by atoms with Gasteiger partial charge in [0.2, 0.25) is 5.75 Å². The van der Waals surface area contributed by atoms with E-state index in [1.54, 1.807) is 42.5 Å². The smallest absolute Gasteiger partial charge is 0.265 e. The van der Waals surface area contributed by atoms with Gasteiger partial charge in [-0.2, -0.15) is 0 Å². The van der Waals surface area contributed by atoms with Crippen LogP contribution in [0.25, 0.3) is 0 Å². The molecule has 7 nitrogen and oxygen atoms in total. The van der Waals surface area contributed by atoms with E-state index in [2.05, 4.69) is 10.6 Å². The van der Waals surface area contributed by atoms with Gasteiger partial charge in [-0.05, 0) is 68.6 Å². The van der Waals surface area contributed by atoms with E-state index in [-0.39, 0.29) is 11.8 Å². The molecule has 0 aliphatic heterocycles. The number of benzene rings is 2. The zero-order valence-electron chi connectivity index (χ0n) is 18.3. The van der Waals surface area contributed by atoms with E-state index in [1.165, 1.54) is 11.3 Å². The third kappa shape index (κ3) is 5.79. The molecule has 0 bridgehead atoms. The standard InChI is InChI=1S/C24H26N2O5S/c1-4-29-19-14-16(15-20(30-5-2)22(19)31-6-3)23(27)25-17-9-11-18(12-10-17)26-24(28)21-8-7-13-32-21/h7-15H,4-6H2,1-3H3,(H,25,27)(H,26,28). The largest absolute Gasteiger partial charge is 0.490 e. The molecule has 2 amide bonds. The molecular formula is C24H26N2O5S. The molecule has 0 aliphatic rings. The number of amides is 2. The Morgan fingerprint density at radius 3 is 1.78 bits per heavy atom. The minimum Gasteiger partial charge on any atom is -0.490 e. The third-order valence-electron chi connectivity index (χ3n) is 4.32. The van der Waals surface area contributed by atoms with Crippen LogP contribution in [0.4, 0.5) is 11.4 Å². The molecule has 0 aliphatic carbocycles. The molecule has 1 heterocycles. The molecular weight excluding hydrogens is 428 g/mol. The van der Waals surface area contributed by atoms with Gasteiger partial charge in [-0.1, -0.05) is 6.07 Å². The summed E-state index contributed by atoms with van der Waals surface area (Å²) in [5.41, 5.74) is 1.61. The van der Waals surface area contributed by atoms with Gasteiger partial charge < -0.3 is 24.8 Å². The number of thiophene rings is 1. The first kappa shape index (κ1) is 23.1. The Morgan fingerprint density at radius 2 is 1.31 bits per heavy atom. The Labute approximate surface area is 191 Å². The van der Waals surface area contributed by atoms with E-state index in [0.717, 1.165) is 0 Å². The summed E-state index contributed by atoms with van der Waals surface area (Å²) in [6.45, 7) is 6.90. The molecule has 3 aromatic rings. The van der Waals surface area contributed by atoms with Crippen molar-refractivity contribution in [3.05, 3.63) is 64.4 Å². The number of carbonyl (C=O) groups excluding carboxylic acids is 2. The van der Waals surface area contributed by atoms with Crippen LogP contribution < -0.4 is 24.8 Å². The third-order valence-corrected chi connectivity index (χ3v) is 5.19. The SMILES string of the molecule is CCOc1cc(C(=O)Nc2ccc(NC(=O)c3cccs3)cc2)cc(OCC)c1OCC. The molecule has 3 rings (SSSR count). The Hall–Kier alpha value is -3.52. The summed E-state index contributed by atoms with van der Waals surface area (Å²) in [4.78, 5) is 25.7. The molecule has 0 spiro atoms. The molecule has 1 aromatic heterocycles. The number of rotatable bonds is 10. The lowest BCUT2D eigenvalue weighted by Gasteiger charge is -2.17. The van der Waals surface area contributed by atoms with Crippen LogP contribution >= 0.6 is 11.3 Å². The number of nitrogens with one attached hydrogen (secondary N) is 2. The second kappa shape index (κ2) is 11.2. The molecule has 2 aromatic carbocycles. The van der Waals surface area contributed by atoms with Crippen molar-refractivity contribution < 1.29 is 23.8 Å². The first-order chi connectivity index (χ1) is 15.5. The van der Waals surface area contributed by atoms with Gasteiger partial charge in [0.05, 0.1) is 24.7 Å². The average Bonchev–Trinajstić information content (AvgIpc) is 3.32. The van der Waals surface area contributed by atoms with Crippen LogP contribution in [0.2, 0.25) is 0 Å². The van der Waals surface area contributed by atoms with Crippen molar-refractivity contribution in [2.45, 2.75) is 20.8 Å². The van der Waals surface area contributed by atoms with E-state index < -0.39 is 0 Å². The summed E-state index contributed by atoms with van der Waals surface area (Å²) in [5.74, 6) is 0.913. The molecule has 0 saturated carbocycles.